The van der Waals surface area contributed by atoms with Crippen molar-refractivity contribution in [3.63, 3.8) is 0 Å². The van der Waals surface area contributed by atoms with Gasteiger partial charge >= 0.3 is 11.9 Å². The molecule has 1 aromatic heterocycles. The van der Waals surface area contributed by atoms with Crippen molar-refractivity contribution in [2.45, 2.75) is 18.6 Å². The summed E-state index contributed by atoms with van der Waals surface area (Å²) in [5, 5.41) is 0.0853. The first-order chi connectivity index (χ1) is 10.3. The highest BCUT2D eigenvalue weighted by Crippen LogP contribution is 2.30. The predicted octanol–water partition coefficient (Wildman–Crippen LogP) is 1.59. The van der Waals surface area contributed by atoms with Gasteiger partial charge in [0.2, 0.25) is 0 Å². The highest BCUT2D eigenvalue weighted by molar-refractivity contribution is 5.78. The number of aromatic amines is 1. The van der Waals surface area contributed by atoms with Gasteiger partial charge in [-0.2, -0.15) is 13.2 Å². The number of fused-ring (bicyclic) bond motifs is 1. The zero-order chi connectivity index (χ0) is 16.1. The molecule has 2 aromatic rings. The van der Waals surface area contributed by atoms with E-state index in [1.807, 2.05) is 11.9 Å². The van der Waals surface area contributed by atoms with Gasteiger partial charge in [0.1, 0.15) is 0 Å². The Morgan fingerprint density at radius 1 is 1.27 bits per heavy atom. The molecule has 1 aliphatic heterocycles. The Balaban J connectivity index is 2.18. The number of hydrogen-bond acceptors (Lipinski definition) is 3. The summed E-state index contributed by atoms with van der Waals surface area (Å²) in [6, 6.07) is 2.51. The highest BCUT2D eigenvalue weighted by atomic mass is 19.4. The van der Waals surface area contributed by atoms with Crippen LogP contribution in [0.4, 0.5) is 13.2 Å². The van der Waals surface area contributed by atoms with Crippen LogP contribution in [-0.2, 0) is 6.18 Å². The van der Waals surface area contributed by atoms with Gasteiger partial charge in [-0.15, -0.1) is 0 Å². The van der Waals surface area contributed by atoms with Gasteiger partial charge in [-0.25, -0.2) is 4.79 Å². The summed E-state index contributed by atoms with van der Waals surface area (Å²) < 4.78 is 39.2. The van der Waals surface area contributed by atoms with Crippen molar-refractivity contribution in [3.05, 3.63) is 44.6 Å². The number of nitrogens with one attached hydrogen (secondary N) is 1. The summed E-state index contributed by atoms with van der Waals surface area (Å²) in [7, 11) is 1.88. The second kappa shape index (κ2) is 4.98. The minimum atomic E-state index is -4.52. The summed E-state index contributed by atoms with van der Waals surface area (Å²) >= 11 is 0. The van der Waals surface area contributed by atoms with Crippen molar-refractivity contribution >= 4 is 10.9 Å². The summed E-state index contributed by atoms with van der Waals surface area (Å²) in [6.07, 6.45) is -3.86. The Morgan fingerprint density at radius 3 is 2.59 bits per heavy atom. The van der Waals surface area contributed by atoms with Crippen LogP contribution < -0.4 is 11.2 Å². The number of nitrogens with zero attached hydrogens (tertiary/aromatic N) is 2. The maximum absolute atomic E-state index is 12.7. The average molecular weight is 313 g/mol. The fourth-order valence-corrected chi connectivity index (χ4v) is 2.86. The third-order valence-corrected chi connectivity index (χ3v) is 3.99. The number of H-pyrrole nitrogens is 1. The molecule has 2 heterocycles. The van der Waals surface area contributed by atoms with Crippen molar-refractivity contribution in [3.8, 4) is 0 Å². The van der Waals surface area contributed by atoms with E-state index in [0.29, 0.717) is 13.0 Å². The Morgan fingerprint density at radius 2 is 2.00 bits per heavy atom. The minimum Gasteiger partial charge on any atom is -0.307 e. The monoisotopic (exact) mass is 313 g/mol. The number of likely N-dealkylation sites (N-methyl/N-ethyl adjacent to an activating group) is 1. The first-order valence-corrected chi connectivity index (χ1v) is 6.81. The zero-order valence-electron chi connectivity index (χ0n) is 11.8. The van der Waals surface area contributed by atoms with Crippen molar-refractivity contribution in [2.24, 2.45) is 0 Å². The van der Waals surface area contributed by atoms with Crippen LogP contribution in [0.5, 0.6) is 0 Å². The van der Waals surface area contributed by atoms with Crippen LogP contribution in [0, 0.1) is 0 Å². The van der Waals surface area contributed by atoms with E-state index in [1.165, 1.54) is 0 Å². The third kappa shape index (κ3) is 2.43. The van der Waals surface area contributed by atoms with E-state index in [0.717, 1.165) is 29.3 Å². The van der Waals surface area contributed by atoms with Crippen LogP contribution in [0.2, 0.25) is 0 Å². The first kappa shape index (κ1) is 14.8. The van der Waals surface area contributed by atoms with E-state index in [2.05, 4.69) is 4.98 Å². The maximum atomic E-state index is 12.7. The topological polar surface area (TPSA) is 58.1 Å². The quantitative estimate of drug-likeness (QED) is 0.870. The number of alkyl halides is 3. The molecule has 22 heavy (non-hydrogen) atoms. The molecule has 0 amide bonds. The number of halogens is 3. The van der Waals surface area contributed by atoms with Gasteiger partial charge in [0, 0.05) is 6.54 Å². The summed E-state index contributed by atoms with van der Waals surface area (Å²) in [5.41, 5.74) is -2.20. The molecule has 0 spiro atoms. The molecule has 0 saturated carbocycles. The van der Waals surface area contributed by atoms with Gasteiger partial charge in [-0.1, -0.05) is 0 Å². The Bertz CT molecular complexity index is 838. The lowest BCUT2D eigenvalue weighted by Crippen LogP contribution is -2.39. The molecule has 1 saturated heterocycles. The SMILES string of the molecule is CN1CCC(n2c(=O)[nH]c3cc(C(F)(F)F)ccc3c2=O)C1. The summed E-state index contributed by atoms with van der Waals surface area (Å²) in [4.78, 5) is 28.9. The third-order valence-electron chi connectivity index (χ3n) is 3.99. The lowest BCUT2D eigenvalue weighted by Gasteiger charge is -2.14. The molecule has 0 aliphatic carbocycles. The molecule has 1 atom stereocenters. The van der Waals surface area contributed by atoms with Crippen LogP contribution in [0.3, 0.4) is 0 Å². The van der Waals surface area contributed by atoms with Crippen LogP contribution in [-0.4, -0.2) is 34.6 Å². The van der Waals surface area contributed by atoms with E-state index in [9.17, 15) is 22.8 Å². The van der Waals surface area contributed by atoms with Crippen molar-refractivity contribution in [1.29, 1.82) is 0 Å². The molecule has 5 nitrogen and oxygen atoms in total. The highest BCUT2D eigenvalue weighted by Gasteiger charge is 2.31. The zero-order valence-corrected chi connectivity index (χ0v) is 11.8. The largest absolute Gasteiger partial charge is 0.416 e. The normalized spacial score (nSPS) is 19.9. The second-order valence-electron chi connectivity index (χ2n) is 5.57. The number of likely N-dealkylation sites (tertiary alicyclic amines) is 1. The Labute approximate surface area is 123 Å². The number of hydrogen-bond donors (Lipinski definition) is 1. The summed E-state index contributed by atoms with van der Waals surface area (Å²) in [5.74, 6) is 0. The average Bonchev–Trinajstić information content (AvgIpc) is 2.83. The molecule has 1 N–H and O–H groups in total. The molecule has 1 aliphatic rings. The van der Waals surface area contributed by atoms with Gasteiger partial charge in [0.15, 0.2) is 0 Å². The Hall–Kier alpha value is -2.09. The molecule has 1 unspecified atom stereocenters. The van der Waals surface area contributed by atoms with Gasteiger partial charge in [-0.3, -0.25) is 9.36 Å². The molecule has 8 heteroatoms. The Kier molecular flexibility index (Phi) is 3.36. The number of rotatable bonds is 1. The fourth-order valence-electron chi connectivity index (χ4n) is 2.86. The molecule has 3 rings (SSSR count). The van der Waals surface area contributed by atoms with Crippen LogP contribution in [0.25, 0.3) is 10.9 Å². The number of benzene rings is 1. The van der Waals surface area contributed by atoms with E-state index in [4.69, 9.17) is 0 Å². The van der Waals surface area contributed by atoms with Gasteiger partial charge < -0.3 is 9.88 Å². The van der Waals surface area contributed by atoms with Crippen molar-refractivity contribution < 1.29 is 13.2 Å². The summed E-state index contributed by atoms with van der Waals surface area (Å²) in [6.45, 7) is 1.33. The van der Waals surface area contributed by atoms with Crippen LogP contribution in [0.1, 0.15) is 18.0 Å². The molecule has 1 aromatic carbocycles. The molecule has 0 radical (unpaired) electrons. The molecule has 1 fully saturated rings. The van der Waals surface area contributed by atoms with Crippen molar-refractivity contribution in [1.82, 2.24) is 14.5 Å². The molecular formula is C14H14F3N3O2. The minimum absolute atomic E-state index is 0.0853. The number of aromatic nitrogens is 2. The lowest BCUT2D eigenvalue weighted by atomic mass is 10.1. The molecular weight excluding hydrogens is 299 g/mol. The molecule has 118 valence electrons. The molecule has 0 bridgehead atoms. The smallest absolute Gasteiger partial charge is 0.307 e. The maximum Gasteiger partial charge on any atom is 0.416 e. The van der Waals surface area contributed by atoms with Crippen molar-refractivity contribution in [2.75, 3.05) is 20.1 Å². The van der Waals surface area contributed by atoms with E-state index in [1.54, 1.807) is 0 Å². The van der Waals surface area contributed by atoms with Gasteiger partial charge in [0.05, 0.1) is 22.5 Å². The predicted molar refractivity (Wildman–Crippen MR) is 75.0 cm³/mol. The standard InChI is InChI=1S/C14H14F3N3O2/c1-19-5-4-9(7-19)20-12(21)10-3-2-8(14(15,16)17)6-11(10)18-13(20)22/h2-3,6,9H,4-5,7H2,1H3,(H,18,22). The van der Waals surface area contributed by atoms with E-state index >= 15 is 0 Å². The fraction of sp³-hybridized carbons (Fsp3) is 0.429. The van der Waals surface area contributed by atoms with Gasteiger partial charge in [0.25, 0.3) is 5.56 Å². The first-order valence-electron chi connectivity index (χ1n) is 6.81. The van der Waals surface area contributed by atoms with Crippen LogP contribution >= 0.6 is 0 Å². The lowest BCUT2D eigenvalue weighted by molar-refractivity contribution is -0.137. The second-order valence-corrected chi connectivity index (χ2v) is 5.57. The van der Waals surface area contributed by atoms with Gasteiger partial charge in [-0.05, 0) is 38.2 Å². The van der Waals surface area contributed by atoms with Crippen LogP contribution in [0.15, 0.2) is 27.8 Å². The van der Waals surface area contributed by atoms with E-state index < -0.39 is 23.0 Å². The van der Waals surface area contributed by atoms with E-state index in [-0.39, 0.29) is 16.9 Å².